The lowest BCUT2D eigenvalue weighted by Crippen LogP contribution is -2.44. The number of rotatable bonds is 5. The number of nitrogens with zero attached hydrogens (tertiary/aromatic N) is 3. The van der Waals surface area contributed by atoms with Gasteiger partial charge in [0.1, 0.15) is 17.4 Å². The predicted octanol–water partition coefficient (Wildman–Crippen LogP) is 2.15. The molecule has 2 heterocycles. The van der Waals surface area contributed by atoms with Crippen molar-refractivity contribution in [1.82, 2.24) is 25.6 Å². The number of nitrogens with one attached hydrogen (secondary N) is 2. The van der Waals surface area contributed by atoms with Crippen molar-refractivity contribution in [2.75, 3.05) is 0 Å². The summed E-state index contributed by atoms with van der Waals surface area (Å²) in [6.07, 6.45) is 0.00595. The molecule has 27 heavy (non-hydrogen) atoms. The zero-order chi connectivity index (χ0) is 19.4. The molecule has 0 aliphatic carbocycles. The molecule has 3 aromatic rings. The van der Waals surface area contributed by atoms with Gasteiger partial charge in [0, 0.05) is 16.6 Å². The fraction of sp³-hybridized carbons (Fsp3) is 0.222. The highest BCUT2D eigenvalue weighted by Gasteiger charge is 2.11. The van der Waals surface area contributed by atoms with Gasteiger partial charge >= 0.3 is 0 Å². The second-order valence-corrected chi connectivity index (χ2v) is 6.87. The number of aryl methyl sites for hydroxylation is 2. The molecule has 0 aliphatic heterocycles. The summed E-state index contributed by atoms with van der Waals surface area (Å²) in [6.45, 7) is 3.71. The number of carbonyl (C=O) groups is 2. The Balaban J connectivity index is 1.51. The van der Waals surface area contributed by atoms with Crippen molar-refractivity contribution in [1.29, 1.82) is 0 Å². The molecule has 7 nitrogen and oxygen atoms in total. The lowest BCUT2D eigenvalue weighted by Gasteiger charge is -2.07. The van der Waals surface area contributed by atoms with Gasteiger partial charge in [-0.1, -0.05) is 12.1 Å². The summed E-state index contributed by atoms with van der Waals surface area (Å²) in [5.74, 6) is -1.12. The number of hydrogen-bond acceptors (Lipinski definition) is 5. The minimum Gasteiger partial charge on any atom is -0.273 e. The van der Waals surface area contributed by atoms with Crippen molar-refractivity contribution < 1.29 is 14.0 Å². The van der Waals surface area contributed by atoms with Crippen LogP contribution in [0.1, 0.15) is 17.1 Å². The molecule has 140 valence electrons. The molecule has 0 fully saturated rings. The van der Waals surface area contributed by atoms with Crippen molar-refractivity contribution in [3.8, 4) is 10.6 Å². The van der Waals surface area contributed by atoms with Crippen molar-refractivity contribution in [3.63, 3.8) is 0 Å². The number of hydrazine groups is 1. The van der Waals surface area contributed by atoms with E-state index in [2.05, 4.69) is 20.9 Å². The summed E-state index contributed by atoms with van der Waals surface area (Å²) in [5, 5.41) is 6.55. The average molecular weight is 387 g/mol. The van der Waals surface area contributed by atoms with E-state index in [0.717, 1.165) is 11.4 Å². The summed E-state index contributed by atoms with van der Waals surface area (Å²) >= 11 is 1.33. The smallest absolute Gasteiger partial charge is 0.260 e. The molecule has 0 bridgehead atoms. The lowest BCUT2D eigenvalue weighted by molar-refractivity contribution is -0.129. The third-order valence-corrected chi connectivity index (χ3v) is 4.64. The highest BCUT2D eigenvalue weighted by molar-refractivity contribution is 7.13. The van der Waals surface area contributed by atoms with E-state index in [4.69, 9.17) is 0 Å². The Labute approximate surface area is 159 Å². The van der Waals surface area contributed by atoms with Crippen LogP contribution in [0.3, 0.4) is 0 Å². The SMILES string of the molecule is Cc1cc(C)n(CC(=O)NNC(=O)Cc2csc(-c3cccc(F)c3)n2)n1. The summed E-state index contributed by atoms with van der Waals surface area (Å²) in [4.78, 5) is 28.2. The van der Waals surface area contributed by atoms with Gasteiger partial charge in [0.15, 0.2) is 0 Å². The van der Waals surface area contributed by atoms with Gasteiger partial charge in [0.2, 0.25) is 5.91 Å². The molecule has 0 atom stereocenters. The van der Waals surface area contributed by atoms with Crippen molar-refractivity contribution in [2.24, 2.45) is 0 Å². The van der Waals surface area contributed by atoms with E-state index in [1.165, 1.54) is 23.5 Å². The summed E-state index contributed by atoms with van der Waals surface area (Å²) in [5.41, 5.74) is 7.61. The lowest BCUT2D eigenvalue weighted by atomic mass is 10.2. The number of amides is 2. The van der Waals surface area contributed by atoms with E-state index in [1.54, 1.807) is 22.2 Å². The molecule has 9 heteroatoms. The predicted molar refractivity (Wildman–Crippen MR) is 99.2 cm³/mol. The first kappa shape index (κ1) is 18.7. The second kappa shape index (κ2) is 8.09. The quantitative estimate of drug-likeness (QED) is 0.657. The van der Waals surface area contributed by atoms with Crippen LogP contribution in [0.15, 0.2) is 35.7 Å². The maximum atomic E-state index is 13.3. The molecule has 0 saturated carbocycles. The zero-order valence-corrected chi connectivity index (χ0v) is 15.6. The minimum absolute atomic E-state index is 0.00595. The average Bonchev–Trinajstić information content (AvgIpc) is 3.19. The van der Waals surface area contributed by atoms with Crippen LogP contribution < -0.4 is 10.9 Å². The van der Waals surface area contributed by atoms with Gasteiger partial charge in [-0.2, -0.15) is 5.10 Å². The van der Waals surface area contributed by atoms with Gasteiger partial charge < -0.3 is 0 Å². The Hall–Kier alpha value is -3.07. The third-order valence-electron chi connectivity index (χ3n) is 3.70. The molecule has 0 aliphatic rings. The van der Waals surface area contributed by atoms with Crippen LogP contribution in [0.25, 0.3) is 10.6 Å². The monoisotopic (exact) mass is 387 g/mol. The van der Waals surface area contributed by atoms with E-state index in [0.29, 0.717) is 16.3 Å². The number of hydrogen-bond donors (Lipinski definition) is 2. The van der Waals surface area contributed by atoms with Gasteiger partial charge in [-0.15, -0.1) is 11.3 Å². The molecule has 3 rings (SSSR count). The van der Waals surface area contributed by atoms with E-state index in [1.807, 2.05) is 19.9 Å². The molecule has 2 N–H and O–H groups in total. The van der Waals surface area contributed by atoms with Gasteiger partial charge in [-0.3, -0.25) is 25.1 Å². The highest BCUT2D eigenvalue weighted by Crippen LogP contribution is 2.24. The zero-order valence-electron chi connectivity index (χ0n) is 14.8. The van der Waals surface area contributed by atoms with Gasteiger partial charge in [-0.25, -0.2) is 9.37 Å². The molecular formula is C18H18FN5O2S. The van der Waals surface area contributed by atoms with Crippen LogP contribution in [0.5, 0.6) is 0 Å². The summed E-state index contributed by atoms with van der Waals surface area (Å²) in [6, 6.07) is 7.98. The highest BCUT2D eigenvalue weighted by atomic mass is 32.1. The molecule has 0 saturated heterocycles. The standard InChI is InChI=1S/C18H18FN5O2S/c1-11-6-12(2)24(23-11)9-17(26)22-21-16(25)8-15-10-27-18(20-15)13-4-3-5-14(19)7-13/h3-7,10H,8-9H2,1-2H3,(H,21,25)(H,22,26). The third kappa shape index (κ3) is 4.98. The number of thiazole rings is 1. The molecule has 2 aromatic heterocycles. The molecule has 2 amide bonds. The molecule has 1 aromatic carbocycles. The van der Waals surface area contributed by atoms with Gasteiger partial charge in [-0.05, 0) is 32.0 Å². The topological polar surface area (TPSA) is 88.9 Å². The summed E-state index contributed by atoms with van der Waals surface area (Å²) in [7, 11) is 0. The fourth-order valence-corrected chi connectivity index (χ4v) is 3.32. The molecule has 0 unspecified atom stereocenters. The fourth-order valence-electron chi connectivity index (χ4n) is 2.50. The second-order valence-electron chi connectivity index (χ2n) is 6.01. The Morgan fingerprint density at radius 1 is 1.19 bits per heavy atom. The Bertz CT molecular complexity index is 982. The van der Waals surface area contributed by atoms with Crippen LogP contribution in [0.4, 0.5) is 4.39 Å². The Kier molecular flexibility index (Phi) is 5.60. The Morgan fingerprint density at radius 2 is 1.96 bits per heavy atom. The van der Waals surface area contributed by atoms with E-state index in [-0.39, 0.29) is 24.7 Å². The first-order valence-corrected chi connectivity index (χ1v) is 9.08. The molecule has 0 radical (unpaired) electrons. The first-order valence-electron chi connectivity index (χ1n) is 8.20. The number of carbonyl (C=O) groups excluding carboxylic acids is 2. The Morgan fingerprint density at radius 3 is 2.67 bits per heavy atom. The van der Waals surface area contributed by atoms with Crippen molar-refractivity contribution >= 4 is 23.2 Å². The maximum absolute atomic E-state index is 13.3. The van der Waals surface area contributed by atoms with E-state index in [9.17, 15) is 14.0 Å². The van der Waals surface area contributed by atoms with Crippen LogP contribution in [0, 0.1) is 19.7 Å². The normalized spacial score (nSPS) is 10.6. The van der Waals surface area contributed by atoms with Crippen LogP contribution >= 0.6 is 11.3 Å². The van der Waals surface area contributed by atoms with Crippen LogP contribution in [-0.2, 0) is 22.6 Å². The maximum Gasteiger partial charge on any atom is 0.260 e. The number of halogens is 1. The van der Waals surface area contributed by atoms with Crippen molar-refractivity contribution in [3.05, 3.63) is 58.6 Å². The van der Waals surface area contributed by atoms with Crippen LogP contribution in [0.2, 0.25) is 0 Å². The van der Waals surface area contributed by atoms with Crippen molar-refractivity contribution in [2.45, 2.75) is 26.8 Å². The number of aromatic nitrogens is 3. The molecule has 0 spiro atoms. The minimum atomic E-state index is -0.396. The summed E-state index contributed by atoms with van der Waals surface area (Å²) < 4.78 is 14.9. The van der Waals surface area contributed by atoms with Gasteiger partial charge in [0.25, 0.3) is 5.91 Å². The van der Waals surface area contributed by atoms with E-state index < -0.39 is 5.91 Å². The largest absolute Gasteiger partial charge is 0.273 e. The first-order chi connectivity index (χ1) is 12.9. The van der Waals surface area contributed by atoms with Gasteiger partial charge in [0.05, 0.1) is 17.8 Å². The van der Waals surface area contributed by atoms with E-state index >= 15 is 0 Å². The number of benzene rings is 1. The molecular weight excluding hydrogens is 369 g/mol. The van der Waals surface area contributed by atoms with Crippen LogP contribution in [-0.4, -0.2) is 26.6 Å².